The van der Waals surface area contributed by atoms with Crippen LogP contribution >= 0.6 is 11.3 Å². The third-order valence-electron chi connectivity index (χ3n) is 4.27. The van der Waals surface area contributed by atoms with Crippen LogP contribution < -0.4 is 14.8 Å². The van der Waals surface area contributed by atoms with Crippen molar-refractivity contribution in [2.45, 2.75) is 13.8 Å². The third kappa shape index (κ3) is 3.50. The average molecular weight is 375 g/mol. The Kier molecular flexibility index (Phi) is 4.53. The van der Waals surface area contributed by atoms with Gasteiger partial charge in [-0.2, -0.15) is 5.26 Å². The summed E-state index contributed by atoms with van der Waals surface area (Å²) in [6, 6.07) is 14.1. The Morgan fingerprint density at radius 3 is 2.85 bits per heavy atom. The molecule has 0 saturated carbocycles. The number of aryl methyl sites for hydroxylation is 2. The second-order valence-electron chi connectivity index (χ2n) is 6.24. The summed E-state index contributed by atoms with van der Waals surface area (Å²) in [4.78, 5) is 4.66. The number of fused-ring (bicyclic) bond motifs is 1. The molecule has 1 aromatic heterocycles. The van der Waals surface area contributed by atoms with Crippen LogP contribution in [-0.4, -0.2) is 11.8 Å². The predicted octanol–water partition coefficient (Wildman–Crippen LogP) is 5.13. The molecular weight excluding hydrogens is 358 g/mol. The maximum atomic E-state index is 9.55. The number of anilines is 1. The fraction of sp³-hybridized carbons (Fsp3) is 0.143. The number of nitriles is 1. The molecule has 27 heavy (non-hydrogen) atoms. The van der Waals surface area contributed by atoms with E-state index in [4.69, 9.17) is 9.47 Å². The van der Waals surface area contributed by atoms with Gasteiger partial charge in [0.15, 0.2) is 11.5 Å². The molecule has 5 nitrogen and oxygen atoms in total. The summed E-state index contributed by atoms with van der Waals surface area (Å²) < 4.78 is 10.7. The minimum absolute atomic E-state index is 0.235. The lowest BCUT2D eigenvalue weighted by molar-refractivity contribution is 0.174. The maximum Gasteiger partial charge on any atom is 0.231 e. The lowest BCUT2D eigenvalue weighted by Crippen LogP contribution is -1.93. The minimum Gasteiger partial charge on any atom is -0.454 e. The van der Waals surface area contributed by atoms with Crippen molar-refractivity contribution in [1.29, 1.82) is 5.26 Å². The minimum atomic E-state index is 0.235. The van der Waals surface area contributed by atoms with Gasteiger partial charge in [0.05, 0.1) is 5.69 Å². The van der Waals surface area contributed by atoms with Gasteiger partial charge in [0.2, 0.25) is 6.79 Å². The van der Waals surface area contributed by atoms with Gasteiger partial charge in [-0.1, -0.05) is 23.8 Å². The van der Waals surface area contributed by atoms with Crippen molar-refractivity contribution in [1.82, 2.24) is 4.98 Å². The first-order valence-corrected chi connectivity index (χ1v) is 9.32. The van der Waals surface area contributed by atoms with Crippen LogP contribution in [0.15, 0.2) is 48.0 Å². The molecule has 2 aromatic carbocycles. The van der Waals surface area contributed by atoms with Crippen LogP contribution in [-0.2, 0) is 0 Å². The summed E-state index contributed by atoms with van der Waals surface area (Å²) in [5, 5.41) is 15.4. The molecule has 0 unspecified atom stereocenters. The number of allylic oxidation sites excluding steroid dienone is 1. The monoisotopic (exact) mass is 375 g/mol. The van der Waals surface area contributed by atoms with E-state index in [0.717, 1.165) is 22.7 Å². The van der Waals surface area contributed by atoms with Crippen molar-refractivity contribution < 1.29 is 9.47 Å². The summed E-state index contributed by atoms with van der Waals surface area (Å²) in [7, 11) is 0. The zero-order valence-corrected chi connectivity index (χ0v) is 15.8. The number of hydrogen-bond donors (Lipinski definition) is 1. The van der Waals surface area contributed by atoms with Gasteiger partial charge < -0.3 is 14.8 Å². The van der Waals surface area contributed by atoms with E-state index >= 15 is 0 Å². The van der Waals surface area contributed by atoms with Crippen molar-refractivity contribution in [2.75, 3.05) is 12.1 Å². The molecule has 6 heteroatoms. The lowest BCUT2D eigenvalue weighted by Gasteiger charge is -2.04. The first kappa shape index (κ1) is 17.1. The fourth-order valence-electron chi connectivity index (χ4n) is 2.91. The molecular formula is C21H17N3O2S. The number of benzene rings is 2. The Morgan fingerprint density at radius 1 is 1.19 bits per heavy atom. The summed E-state index contributed by atoms with van der Waals surface area (Å²) in [5.41, 5.74) is 5.66. The van der Waals surface area contributed by atoms with Gasteiger partial charge in [-0.05, 0) is 31.5 Å². The van der Waals surface area contributed by atoms with Crippen LogP contribution in [0.1, 0.15) is 16.1 Å². The van der Waals surface area contributed by atoms with Crippen LogP contribution in [0.3, 0.4) is 0 Å². The van der Waals surface area contributed by atoms with Gasteiger partial charge >= 0.3 is 0 Å². The number of rotatable bonds is 4. The fourth-order valence-corrected chi connectivity index (χ4v) is 3.69. The van der Waals surface area contributed by atoms with Crippen LogP contribution in [0.25, 0.3) is 16.8 Å². The van der Waals surface area contributed by atoms with Crippen molar-refractivity contribution in [3.63, 3.8) is 0 Å². The van der Waals surface area contributed by atoms with E-state index in [2.05, 4.69) is 48.4 Å². The largest absolute Gasteiger partial charge is 0.454 e. The zero-order chi connectivity index (χ0) is 18.8. The molecule has 0 fully saturated rings. The van der Waals surface area contributed by atoms with Crippen molar-refractivity contribution in [3.8, 4) is 28.8 Å². The first-order chi connectivity index (χ1) is 13.1. The molecule has 1 aliphatic heterocycles. The highest BCUT2D eigenvalue weighted by Gasteiger charge is 2.14. The number of thiazole rings is 1. The Labute approximate surface area is 161 Å². The summed E-state index contributed by atoms with van der Waals surface area (Å²) in [6.45, 7) is 4.38. The van der Waals surface area contributed by atoms with E-state index in [-0.39, 0.29) is 6.79 Å². The van der Waals surface area contributed by atoms with Crippen molar-refractivity contribution in [3.05, 3.63) is 64.1 Å². The van der Waals surface area contributed by atoms with Crippen molar-refractivity contribution in [2.24, 2.45) is 0 Å². The highest BCUT2D eigenvalue weighted by atomic mass is 32.1. The molecule has 0 atom stereocenters. The molecule has 0 saturated heterocycles. The van der Waals surface area contributed by atoms with Gasteiger partial charge in [0.1, 0.15) is 16.6 Å². The second kappa shape index (κ2) is 7.14. The van der Waals surface area contributed by atoms with Crippen LogP contribution in [0.5, 0.6) is 11.5 Å². The van der Waals surface area contributed by atoms with Gasteiger partial charge in [-0.25, -0.2) is 4.98 Å². The molecule has 1 aliphatic rings. The number of ether oxygens (including phenoxy) is 2. The maximum absolute atomic E-state index is 9.55. The summed E-state index contributed by atoms with van der Waals surface area (Å²) in [5.74, 6) is 1.42. The molecule has 0 radical (unpaired) electrons. The van der Waals surface area contributed by atoms with Gasteiger partial charge in [-0.15, -0.1) is 11.3 Å². The van der Waals surface area contributed by atoms with Crippen LogP contribution in [0.2, 0.25) is 0 Å². The Balaban J connectivity index is 1.57. The molecule has 2 heterocycles. The molecule has 0 spiro atoms. The lowest BCUT2D eigenvalue weighted by atomic mass is 10.0. The SMILES string of the molecule is Cc1ccc(-c2csc(/C(C#N)=C/Nc3ccc4c(c3)OCO4)n2)c(C)c1. The summed E-state index contributed by atoms with van der Waals surface area (Å²) >= 11 is 1.46. The van der Waals surface area contributed by atoms with E-state index in [1.165, 1.54) is 22.5 Å². The van der Waals surface area contributed by atoms with Crippen LogP contribution in [0, 0.1) is 25.2 Å². The second-order valence-corrected chi connectivity index (χ2v) is 7.10. The third-order valence-corrected chi connectivity index (χ3v) is 5.14. The predicted molar refractivity (Wildman–Crippen MR) is 107 cm³/mol. The molecule has 0 amide bonds. The molecule has 4 rings (SSSR count). The Hall–Kier alpha value is -3.30. The summed E-state index contributed by atoms with van der Waals surface area (Å²) in [6.07, 6.45) is 1.67. The quantitative estimate of drug-likeness (QED) is 0.640. The number of hydrogen-bond acceptors (Lipinski definition) is 6. The van der Waals surface area contributed by atoms with E-state index in [1.807, 2.05) is 23.6 Å². The standard InChI is InChI=1S/C21H17N3O2S/c1-13-3-5-17(14(2)7-13)18-11-27-21(24-18)15(9-22)10-23-16-4-6-19-20(8-16)26-12-25-19/h3-8,10-11,23H,12H2,1-2H3/b15-10+. The Morgan fingerprint density at radius 2 is 2.04 bits per heavy atom. The molecule has 3 aromatic rings. The zero-order valence-electron chi connectivity index (χ0n) is 14.9. The van der Waals surface area contributed by atoms with Crippen molar-refractivity contribution >= 4 is 22.6 Å². The smallest absolute Gasteiger partial charge is 0.231 e. The molecule has 1 N–H and O–H groups in total. The van der Waals surface area contributed by atoms with Gasteiger partial charge in [0.25, 0.3) is 0 Å². The van der Waals surface area contributed by atoms with Crippen LogP contribution in [0.4, 0.5) is 5.69 Å². The Bertz CT molecular complexity index is 1080. The normalized spacial score (nSPS) is 12.7. The van der Waals surface area contributed by atoms with E-state index in [9.17, 15) is 5.26 Å². The van der Waals surface area contributed by atoms with Gasteiger partial charge in [-0.3, -0.25) is 0 Å². The number of aromatic nitrogens is 1. The molecule has 0 aliphatic carbocycles. The number of nitrogens with zero attached hydrogens (tertiary/aromatic N) is 2. The first-order valence-electron chi connectivity index (χ1n) is 8.44. The average Bonchev–Trinajstić information content (AvgIpc) is 3.31. The number of nitrogens with one attached hydrogen (secondary N) is 1. The molecule has 134 valence electrons. The highest BCUT2D eigenvalue weighted by molar-refractivity contribution is 7.11. The van der Waals surface area contributed by atoms with E-state index in [1.54, 1.807) is 6.20 Å². The highest BCUT2D eigenvalue weighted by Crippen LogP contribution is 2.34. The van der Waals surface area contributed by atoms with E-state index < -0.39 is 0 Å². The topological polar surface area (TPSA) is 67.2 Å². The van der Waals surface area contributed by atoms with Gasteiger partial charge in [0, 0.05) is 28.9 Å². The van der Waals surface area contributed by atoms with E-state index in [0.29, 0.717) is 16.3 Å². The molecule has 0 bridgehead atoms.